The van der Waals surface area contributed by atoms with Gasteiger partial charge in [-0.3, -0.25) is 4.84 Å². The number of nitrogens with two attached hydrogens (primary N) is 1. The summed E-state index contributed by atoms with van der Waals surface area (Å²) in [7, 11) is 0. The number of pyridine rings is 1. The highest BCUT2D eigenvalue weighted by molar-refractivity contribution is 5.69. The van der Waals surface area contributed by atoms with E-state index in [0.717, 1.165) is 11.3 Å². The quantitative estimate of drug-likeness (QED) is 0.807. The van der Waals surface area contributed by atoms with E-state index in [1.54, 1.807) is 18.3 Å². The Bertz CT molecular complexity index is 609. The summed E-state index contributed by atoms with van der Waals surface area (Å²) in [5, 5.41) is 0. The Morgan fingerprint density at radius 2 is 2.05 bits per heavy atom. The van der Waals surface area contributed by atoms with Gasteiger partial charge in [0.1, 0.15) is 11.5 Å². The van der Waals surface area contributed by atoms with Gasteiger partial charge >= 0.3 is 0 Å². The molecule has 3 N–H and O–H groups in total. The molecule has 5 nitrogen and oxygen atoms in total. The van der Waals surface area contributed by atoms with Crippen LogP contribution in [0.1, 0.15) is 5.56 Å². The lowest BCUT2D eigenvalue weighted by Crippen LogP contribution is -2.02. The molecule has 0 radical (unpaired) electrons. The molecule has 1 aromatic heterocycles. The van der Waals surface area contributed by atoms with Crippen LogP contribution in [-0.2, 0) is 4.84 Å². The van der Waals surface area contributed by atoms with Crippen LogP contribution in [0.25, 0.3) is 6.08 Å². The van der Waals surface area contributed by atoms with Crippen molar-refractivity contribution < 1.29 is 9.57 Å². The minimum Gasteiger partial charge on any atom is -0.457 e. The van der Waals surface area contributed by atoms with E-state index in [1.807, 2.05) is 30.4 Å². The maximum absolute atomic E-state index is 5.84. The fourth-order valence-corrected chi connectivity index (χ4v) is 1.77. The average molecular weight is 255 g/mol. The van der Waals surface area contributed by atoms with Gasteiger partial charge in [0.05, 0.1) is 12.2 Å². The van der Waals surface area contributed by atoms with Crippen molar-refractivity contribution in [3.8, 4) is 11.5 Å². The fourth-order valence-electron chi connectivity index (χ4n) is 1.77. The number of anilines is 2. The van der Waals surface area contributed by atoms with E-state index in [-0.39, 0.29) is 0 Å². The van der Waals surface area contributed by atoms with E-state index < -0.39 is 0 Å². The van der Waals surface area contributed by atoms with Gasteiger partial charge in [-0.05, 0) is 36.4 Å². The number of hydrogen-bond acceptors (Lipinski definition) is 5. The van der Waals surface area contributed by atoms with Crippen LogP contribution in [0.2, 0.25) is 0 Å². The minimum atomic E-state index is 0.484. The van der Waals surface area contributed by atoms with Crippen LogP contribution in [-0.4, -0.2) is 11.6 Å². The number of rotatable bonds is 2. The summed E-state index contributed by atoms with van der Waals surface area (Å²) in [6.45, 7) is 0.484. The summed E-state index contributed by atoms with van der Waals surface area (Å²) in [6.07, 6.45) is 5.49. The third-order valence-corrected chi connectivity index (χ3v) is 2.69. The Morgan fingerprint density at radius 1 is 1.21 bits per heavy atom. The van der Waals surface area contributed by atoms with E-state index >= 15 is 0 Å². The van der Waals surface area contributed by atoms with Crippen LogP contribution in [0.15, 0.2) is 42.6 Å². The first-order valence-electron chi connectivity index (χ1n) is 5.90. The van der Waals surface area contributed by atoms with Crippen molar-refractivity contribution in [3.05, 3.63) is 48.2 Å². The Labute approximate surface area is 110 Å². The van der Waals surface area contributed by atoms with Crippen LogP contribution in [0.5, 0.6) is 11.5 Å². The van der Waals surface area contributed by atoms with Crippen molar-refractivity contribution in [1.29, 1.82) is 0 Å². The number of nitrogens with zero attached hydrogens (tertiary/aromatic N) is 1. The maximum Gasteiger partial charge on any atom is 0.160 e. The smallest absolute Gasteiger partial charge is 0.160 e. The molecule has 2 aromatic rings. The number of aromatic nitrogens is 1. The number of benzene rings is 1. The molecular formula is C14H13N3O2. The molecule has 0 saturated heterocycles. The van der Waals surface area contributed by atoms with Gasteiger partial charge in [0.2, 0.25) is 0 Å². The maximum atomic E-state index is 5.84. The van der Waals surface area contributed by atoms with Crippen LogP contribution in [0, 0.1) is 0 Å². The Hall–Kier alpha value is -2.53. The molecule has 5 heteroatoms. The number of hydrogen-bond donors (Lipinski definition) is 2. The number of nitrogens with one attached hydrogen (secondary N) is 1. The molecule has 19 heavy (non-hydrogen) atoms. The largest absolute Gasteiger partial charge is 0.457 e. The van der Waals surface area contributed by atoms with Crippen molar-refractivity contribution >= 4 is 17.6 Å². The number of ether oxygens (including phenoxy) is 1. The molecule has 0 bridgehead atoms. The van der Waals surface area contributed by atoms with Gasteiger partial charge in [-0.1, -0.05) is 6.08 Å². The summed E-state index contributed by atoms with van der Waals surface area (Å²) >= 11 is 0. The molecule has 1 aliphatic heterocycles. The molecule has 0 aliphatic carbocycles. The van der Waals surface area contributed by atoms with Crippen LogP contribution in [0.3, 0.4) is 0 Å². The topological polar surface area (TPSA) is 69.4 Å². The first-order valence-corrected chi connectivity index (χ1v) is 5.90. The third-order valence-electron chi connectivity index (χ3n) is 2.69. The third kappa shape index (κ3) is 2.51. The molecule has 1 aliphatic rings. The highest BCUT2D eigenvalue weighted by atomic mass is 16.6. The summed E-state index contributed by atoms with van der Waals surface area (Å²) in [5.41, 5.74) is 10.00. The fraction of sp³-hybridized carbons (Fsp3) is 0.0714. The van der Waals surface area contributed by atoms with E-state index in [2.05, 4.69) is 10.5 Å². The van der Waals surface area contributed by atoms with E-state index in [0.29, 0.717) is 23.9 Å². The summed E-state index contributed by atoms with van der Waals surface area (Å²) in [6, 6.07) is 9.06. The molecule has 0 unspecified atom stereocenters. The molecule has 0 amide bonds. The minimum absolute atomic E-state index is 0.484. The zero-order chi connectivity index (χ0) is 13.1. The number of nitrogen functional groups attached to an aromatic ring is 1. The molecular weight excluding hydrogens is 242 g/mol. The summed E-state index contributed by atoms with van der Waals surface area (Å²) in [5.74, 6) is 2.08. The predicted octanol–water partition coefficient (Wildman–Crippen LogP) is 2.83. The van der Waals surface area contributed by atoms with Crippen molar-refractivity contribution in [2.24, 2.45) is 0 Å². The summed E-state index contributed by atoms with van der Waals surface area (Å²) in [4.78, 5) is 9.38. The van der Waals surface area contributed by atoms with Crippen molar-refractivity contribution in [2.45, 2.75) is 0 Å². The monoisotopic (exact) mass is 255 g/mol. The Kier molecular flexibility index (Phi) is 3.04. The molecule has 96 valence electrons. The zero-order valence-corrected chi connectivity index (χ0v) is 10.2. The second kappa shape index (κ2) is 4.99. The SMILES string of the molecule is Nc1ccc(Oc2ccnc3c2C=CCON3)cc1. The van der Waals surface area contributed by atoms with Gasteiger partial charge in [-0.15, -0.1) is 0 Å². The number of fused-ring (bicyclic) bond motifs is 1. The normalized spacial score (nSPS) is 13.3. The molecule has 0 spiro atoms. The molecule has 2 heterocycles. The van der Waals surface area contributed by atoms with Gasteiger partial charge in [0.25, 0.3) is 0 Å². The van der Waals surface area contributed by atoms with Gasteiger partial charge in [-0.2, -0.15) is 0 Å². The highest BCUT2D eigenvalue weighted by Crippen LogP contribution is 2.31. The standard InChI is InChI=1S/C14H13N3O2/c15-10-3-5-11(6-4-10)19-13-7-8-16-14-12(13)2-1-9-18-17-14/h1-8H,9,15H2,(H,16,17). The lowest BCUT2D eigenvalue weighted by atomic mass is 10.2. The van der Waals surface area contributed by atoms with Gasteiger partial charge in [0.15, 0.2) is 5.82 Å². The second-order valence-electron chi connectivity index (χ2n) is 4.06. The van der Waals surface area contributed by atoms with Crippen molar-refractivity contribution in [3.63, 3.8) is 0 Å². The highest BCUT2D eigenvalue weighted by Gasteiger charge is 2.11. The average Bonchev–Trinajstić information content (AvgIpc) is 2.67. The molecule has 1 aromatic carbocycles. The predicted molar refractivity (Wildman–Crippen MR) is 73.8 cm³/mol. The van der Waals surface area contributed by atoms with Crippen molar-refractivity contribution in [1.82, 2.24) is 4.98 Å². The second-order valence-corrected chi connectivity index (χ2v) is 4.06. The van der Waals surface area contributed by atoms with E-state index in [4.69, 9.17) is 15.3 Å². The van der Waals surface area contributed by atoms with Gasteiger partial charge in [-0.25, -0.2) is 10.5 Å². The molecule has 0 atom stereocenters. The van der Waals surface area contributed by atoms with Crippen molar-refractivity contribution in [2.75, 3.05) is 17.8 Å². The lowest BCUT2D eigenvalue weighted by Gasteiger charge is -2.11. The van der Waals surface area contributed by atoms with Gasteiger partial charge in [0, 0.05) is 11.9 Å². The first-order chi connectivity index (χ1) is 9.33. The van der Waals surface area contributed by atoms with Gasteiger partial charge < -0.3 is 10.5 Å². The molecule has 0 fully saturated rings. The molecule has 3 rings (SSSR count). The Morgan fingerprint density at radius 3 is 2.89 bits per heavy atom. The van der Waals surface area contributed by atoms with E-state index in [9.17, 15) is 0 Å². The first kappa shape index (κ1) is 11.6. The van der Waals surface area contributed by atoms with Crippen LogP contribution < -0.4 is 16.0 Å². The van der Waals surface area contributed by atoms with Crippen LogP contribution >= 0.6 is 0 Å². The van der Waals surface area contributed by atoms with E-state index in [1.165, 1.54) is 0 Å². The lowest BCUT2D eigenvalue weighted by molar-refractivity contribution is 0.228. The summed E-state index contributed by atoms with van der Waals surface area (Å²) < 4.78 is 5.84. The zero-order valence-electron chi connectivity index (χ0n) is 10.2. The van der Waals surface area contributed by atoms with Crippen LogP contribution in [0.4, 0.5) is 11.5 Å². The molecule has 0 saturated carbocycles. The Balaban J connectivity index is 1.94.